The Morgan fingerprint density at radius 2 is 1.21 bits per heavy atom. The van der Waals surface area contributed by atoms with Gasteiger partial charge in [0.2, 0.25) is 0 Å². The van der Waals surface area contributed by atoms with Gasteiger partial charge in [-0.15, -0.1) is 0 Å². The van der Waals surface area contributed by atoms with Crippen LogP contribution in [0, 0.1) is 5.92 Å². The van der Waals surface area contributed by atoms with Crippen molar-refractivity contribution >= 4 is 11.6 Å². The summed E-state index contributed by atoms with van der Waals surface area (Å²) in [5.74, 6) is -1.23. The van der Waals surface area contributed by atoms with Crippen molar-refractivity contribution in [1.82, 2.24) is 0 Å². The average molecular weight is 370 g/mol. The molecule has 28 heavy (non-hydrogen) atoms. The lowest BCUT2D eigenvalue weighted by Gasteiger charge is -2.23. The van der Waals surface area contributed by atoms with Crippen molar-refractivity contribution in [2.75, 3.05) is 0 Å². The highest BCUT2D eigenvalue weighted by Crippen LogP contribution is 2.31. The smallest absolute Gasteiger partial charge is 0.188 e. The maximum atomic E-state index is 13.1. The number of Topliss-reactive ketones (excluding diaryl/α,β-unsaturated/α-hetero) is 2. The summed E-state index contributed by atoms with van der Waals surface area (Å²) in [5.41, 5.74) is 1.96. The van der Waals surface area contributed by atoms with Gasteiger partial charge in [0.25, 0.3) is 0 Å². The van der Waals surface area contributed by atoms with E-state index in [0.29, 0.717) is 22.3 Å². The summed E-state index contributed by atoms with van der Waals surface area (Å²) in [7, 11) is 0. The minimum Gasteiger partial charge on any atom is -0.388 e. The predicted molar refractivity (Wildman–Crippen MR) is 110 cm³/mol. The van der Waals surface area contributed by atoms with Crippen molar-refractivity contribution in [3.63, 3.8) is 0 Å². The summed E-state index contributed by atoms with van der Waals surface area (Å²) >= 11 is 0. The molecule has 0 amide bonds. The lowest BCUT2D eigenvalue weighted by molar-refractivity contribution is 0.0673. The molecule has 2 atom stereocenters. The van der Waals surface area contributed by atoms with Crippen LogP contribution in [-0.4, -0.2) is 16.7 Å². The van der Waals surface area contributed by atoms with Crippen LogP contribution in [0.15, 0.2) is 103 Å². The fourth-order valence-corrected chi connectivity index (χ4v) is 3.20. The van der Waals surface area contributed by atoms with Crippen LogP contribution in [0.4, 0.5) is 0 Å². The van der Waals surface area contributed by atoms with Gasteiger partial charge in [0.05, 0.1) is 12.0 Å². The lowest BCUT2D eigenvalue weighted by Crippen LogP contribution is -2.24. The van der Waals surface area contributed by atoms with E-state index in [2.05, 4.69) is 6.58 Å². The molecule has 2 unspecified atom stereocenters. The Balaban J connectivity index is 1.89. The second-order valence-corrected chi connectivity index (χ2v) is 6.70. The number of hydrogen-bond acceptors (Lipinski definition) is 3. The molecule has 0 saturated heterocycles. The van der Waals surface area contributed by atoms with Crippen molar-refractivity contribution in [3.05, 3.63) is 120 Å². The molecule has 3 nitrogen and oxygen atoms in total. The predicted octanol–water partition coefficient (Wildman–Crippen LogP) is 5.05. The topological polar surface area (TPSA) is 54.4 Å². The molecule has 0 saturated carbocycles. The number of rotatable bonds is 8. The van der Waals surface area contributed by atoms with Crippen LogP contribution in [0.2, 0.25) is 0 Å². The number of benzene rings is 3. The Bertz CT molecular complexity index is 947. The molecule has 0 heterocycles. The minimum atomic E-state index is -1.03. The van der Waals surface area contributed by atoms with Crippen LogP contribution in [0.1, 0.15) is 38.8 Å². The molecule has 3 aromatic carbocycles. The number of aliphatic hydroxyl groups is 1. The van der Waals surface area contributed by atoms with E-state index in [1.165, 1.54) is 0 Å². The zero-order chi connectivity index (χ0) is 19.9. The van der Waals surface area contributed by atoms with Gasteiger partial charge >= 0.3 is 0 Å². The normalized spacial score (nSPS) is 12.8. The SMILES string of the molecule is C=C(CC(C(=O)c1ccccc1)C(O)c1ccccc1)C(=O)c1ccccc1. The van der Waals surface area contributed by atoms with Crippen molar-refractivity contribution < 1.29 is 14.7 Å². The van der Waals surface area contributed by atoms with Gasteiger partial charge < -0.3 is 5.11 Å². The van der Waals surface area contributed by atoms with Gasteiger partial charge in [-0.1, -0.05) is 97.6 Å². The molecule has 3 heteroatoms. The summed E-state index contributed by atoms with van der Waals surface area (Å²) in [5, 5.41) is 10.9. The molecule has 0 aliphatic carbocycles. The molecule has 0 fully saturated rings. The number of carbonyl (C=O) groups excluding carboxylic acids is 2. The first-order chi connectivity index (χ1) is 13.6. The Kier molecular flexibility index (Phi) is 6.30. The second-order valence-electron chi connectivity index (χ2n) is 6.70. The molecule has 0 spiro atoms. The highest BCUT2D eigenvalue weighted by Gasteiger charge is 2.30. The Hall–Kier alpha value is -3.30. The molecule has 0 aliphatic rings. The van der Waals surface area contributed by atoms with E-state index < -0.39 is 12.0 Å². The van der Waals surface area contributed by atoms with E-state index in [0.717, 1.165) is 0 Å². The highest BCUT2D eigenvalue weighted by atomic mass is 16.3. The minimum absolute atomic E-state index is 0.0809. The summed E-state index contributed by atoms with van der Waals surface area (Å²) in [6.45, 7) is 3.91. The van der Waals surface area contributed by atoms with Crippen LogP contribution < -0.4 is 0 Å². The first kappa shape index (κ1) is 19.5. The average Bonchev–Trinajstić information content (AvgIpc) is 2.77. The zero-order valence-corrected chi connectivity index (χ0v) is 15.5. The van der Waals surface area contributed by atoms with E-state index >= 15 is 0 Å². The van der Waals surface area contributed by atoms with Gasteiger partial charge in [0.1, 0.15) is 0 Å². The largest absolute Gasteiger partial charge is 0.388 e. The highest BCUT2D eigenvalue weighted by molar-refractivity contribution is 6.09. The third-order valence-electron chi connectivity index (χ3n) is 4.74. The summed E-state index contributed by atoms with van der Waals surface area (Å²) in [4.78, 5) is 25.8. The van der Waals surface area contributed by atoms with Crippen LogP contribution in [-0.2, 0) is 0 Å². The maximum Gasteiger partial charge on any atom is 0.188 e. The van der Waals surface area contributed by atoms with E-state index in [-0.39, 0.29) is 18.0 Å². The fraction of sp³-hybridized carbons (Fsp3) is 0.120. The third-order valence-corrected chi connectivity index (χ3v) is 4.74. The number of allylic oxidation sites excluding steroid dienone is 1. The number of ketones is 2. The van der Waals surface area contributed by atoms with Crippen LogP contribution in [0.3, 0.4) is 0 Å². The maximum absolute atomic E-state index is 13.1. The van der Waals surface area contributed by atoms with E-state index in [4.69, 9.17) is 0 Å². The first-order valence-electron chi connectivity index (χ1n) is 9.17. The molecule has 1 N–H and O–H groups in total. The van der Waals surface area contributed by atoms with Gasteiger partial charge in [-0.25, -0.2) is 0 Å². The van der Waals surface area contributed by atoms with Crippen LogP contribution in [0.25, 0.3) is 0 Å². The summed E-state index contributed by atoms with van der Waals surface area (Å²) in [6, 6.07) is 26.7. The lowest BCUT2D eigenvalue weighted by atomic mass is 9.83. The van der Waals surface area contributed by atoms with Gasteiger partial charge in [-0.2, -0.15) is 0 Å². The molecular formula is C25H22O3. The number of aliphatic hydroxyl groups excluding tert-OH is 1. The van der Waals surface area contributed by atoms with Gasteiger partial charge in [-0.05, 0) is 17.6 Å². The van der Waals surface area contributed by atoms with Gasteiger partial charge in [-0.3, -0.25) is 9.59 Å². The van der Waals surface area contributed by atoms with Crippen molar-refractivity contribution in [2.45, 2.75) is 12.5 Å². The van der Waals surface area contributed by atoms with Gasteiger partial charge in [0, 0.05) is 11.1 Å². The second kappa shape index (κ2) is 9.07. The number of hydrogen-bond donors (Lipinski definition) is 1. The number of carbonyl (C=O) groups is 2. The molecule has 3 rings (SSSR count). The Morgan fingerprint density at radius 1 is 0.750 bits per heavy atom. The first-order valence-corrected chi connectivity index (χ1v) is 9.17. The molecule has 3 aromatic rings. The van der Waals surface area contributed by atoms with E-state index in [9.17, 15) is 14.7 Å². The van der Waals surface area contributed by atoms with Crippen LogP contribution in [0.5, 0.6) is 0 Å². The Morgan fingerprint density at radius 3 is 1.75 bits per heavy atom. The van der Waals surface area contributed by atoms with E-state index in [1.54, 1.807) is 60.7 Å². The zero-order valence-electron chi connectivity index (χ0n) is 15.5. The molecule has 0 aliphatic heterocycles. The fourth-order valence-electron chi connectivity index (χ4n) is 3.20. The monoisotopic (exact) mass is 370 g/mol. The van der Waals surface area contributed by atoms with Crippen molar-refractivity contribution in [2.24, 2.45) is 5.92 Å². The van der Waals surface area contributed by atoms with E-state index in [1.807, 2.05) is 30.3 Å². The van der Waals surface area contributed by atoms with Gasteiger partial charge in [0.15, 0.2) is 11.6 Å². The van der Waals surface area contributed by atoms with Crippen molar-refractivity contribution in [1.29, 1.82) is 0 Å². The molecule has 140 valence electrons. The molecule has 0 bridgehead atoms. The molecule has 0 radical (unpaired) electrons. The molecular weight excluding hydrogens is 348 g/mol. The third kappa shape index (κ3) is 4.51. The summed E-state index contributed by atoms with van der Waals surface area (Å²) < 4.78 is 0. The molecule has 0 aromatic heterocycles. The Labute approximate surface area is 165 Å². The van der Waals surface area contributed by atoms with Crippen molar-refractivity contribution in [3.8, 4) is 0 Å². The quantitative estimate of drug-likeness (QED) is 0.446. The standard InChI is InChI=1S/C25H22O3/c1-18(23(26)19-11-5-2-6-12-19)17-22(24(27)20-13-7-3-8-14-20)25(28)21-15-9-4-10-16-21/h2-16,22,24,27H,1,17H2. The summed E-state index contributed by atoms with van der Waals surface area (Å²) in [6.07, 6.45) is -0.952. The van der Waals surface area contributed by atoms with Crippen LogP contribution >= 0.6 is 0 Å².